The standard InChI is InChI=1S/C11H21N3O/c1-4-11(15)12-6-8-14-7-5-10(9-14)13(2)3/h4,10H,1,5-9H2,2-3H3,(H,12,15)/t10-/m1/s1. The highest BCUT2D eigenvalue weighted by Gasteiger charge is 2.23. The van der Waals surface area contributed by atoms with E-state index in [1.54, 1.807) is 0 Å². The third-order valence-electron chi connectivity index (χ3n) is 2.89. The Kier molecular flexibility index (Phi) is 4.78. The van der Waals surface area contributed by atoms with Crippen molar-refractivity contribution in [3.05, 3.63) is 12.7 Å². The highest BCUT2D eigenvalue weighted by atomic mass is 16.1. The number of amides is 1. The lowest BCUT2D eigenvalue weighted by Crippen LogP contribution is -2.35. The van der Waals surface area contributed by atoms with Crippen molar-refractivity contribution in [3.8, 4) is 0 Å². The van der Waals surface area contributed by atoms with Crippen LogP contribution in [0.15, 0.2) is 12.7 Å². The summed E-state index contributed by atoms with van der Waals surface area (Å²) >= 11 is 0. The van der Waals surface area contributed by atoms with Crippen LogP contribution in [0.4, 0.5) is 0 Å². The van der Waals surface area contributed by atoms with E-state index in [9.17, 15) is 4.79 Å². The summed E-state index contributed by atoms with van der Waals surface area (Å²) in [4.78, 5) is 15.6. The lowest BCUT2D eigenvalue weighted by molar-refractivity contribution is -0.116. The SMILES string of the molecule is C=CC(=O)NCCN1CC[C@@H](N(C)C)C1. The molecule has 0 saturated carbocycles. The fourth-order valence-electron chi connectivity index (χ4n) is 1.85. The van der Waals surface area contributed by atoms with Crippen LogP contribution in [0.1, 0.15) is 6.42 Å². The van der Waals surface area contributed by atoms with Gasteiger partial charge in [0.1, 0.15) is 0 Å². The van der Waals surface area contributed by atoms with E-state index in [-0.39, 0.29) is 5.91 Å². The van der Waals surface area contributed by atoms with Crippen molar-refractivity contribution in [2.45, 2.75) is 12.5 Å². The first-order valence-electron chi connectivity index (χ1n) is 5.42. The molecule has 0 aromatic heterocycles. The van der Waals surface area contributed by atoms with E-state index in [1.165, 1.54) is 12.5 Å². The number of likely N-dealkylation sites (tertiary alicyclic amines) is 1. The zero-order chi connectivity index (χ0) is 11.3. The van der Waals surface area contributed by atoms with Gasteiger partial charge in [-0.1, -0.05) is 6.58 Å². The molecule has 0 aliphatic carbocycles. The molecule has 0 bridgehead atoms. The first kappa shape index (κ1) is 12.2. The molecule has 1 rings (SSSR count). The summed E-state index contributed by atoms with van der Waals surface area (Å²) in [5.74, 6) is -0.0849. The van der Waals surface area contributed by atoms with E-state index in [0.29, 0.717) is 12.6 Å². The van der Waals surface area contributed by atoms with Crippen LogP contribution in [0.5, 0.6) is 0 Å². The van der Waals surface area contributed by atoms with Gasteiger partial charge in [-0.15, -0.1) is 0 Å². The lowest BCUT2D eigenvalue weighted by atomic mass is 10.2. The average Bonchev–Trinajstić information content (AvgIpc) is 2.66. The Morgan fingerprint density at radius 2 is 2.40 bits per heavy atom. The van der Waals surface area contributed by atoms with E-state index >= 15 is 0 Å². The molecule has 1 amide bonds. The number of rotatable bonds is 5. The molecule has 1 fully saturated rings. The Hall–Kier alpha value is -0.870. The second-order valence-corrected chi connectivity index (χ2v) is 4.20. The van der Waals surface area contributed by atoms with Gasteiger partial charge in [0.15, 0.2) is 0 Å². The average molecular weight is 211 g/mol. The third-order valence-corrected chi connectivity index (χ3v) is 2.89. The largest absolute Gasteiger partial charge is 0.351 e. The van der Waals surface area contributed by atoms with Crippen LogP contribution in [-0.4, -0.2) is 62.0 Å². The molecule has 1 saturated heterocycles. The Morgan fingerprint density at radius 3 is 2.93 bits per heavy atom. The molecule has 0 spiro atoms. The fraction of sp³-hybridized carbons (Fsp3) is 0.727. The molecule has 4 heteroatoms. The van der Waals surface area contributed by atoms with Gasteiger partial charge in [-0.2, -0.15) is 0 Å². The minimum Gasteiger partial charge on any atom is -0.351 e. The van der Waals surface area contributed by atoms with Crippen LogP contribution in [0.2, 0.25) is 0 Å². The van der Waals surface area contributed by atoms with Gasteiger partial charge < -0.3 is 10.2 Å². The molecular formula is C11H21N3O. The van der Waals surface area contributed by atoms with Gasteiger partial charge in [-0.05, 0) is 33.1 Å². The van der Waals surface area contributed by atoms with Crippen molar-refractivity contribution in [3.63, 3.8) is 0 Å². The quantitative estimate of drug-likeness (QED) is 0.646. The molecule has 15 heavy (non-hydrogen) atoms. The van der Waals surface area contributed by atoms with Crippen LogP contribution in [-0.2, 0) is 4.79 Å². The number of hydrogen-bond acceptors (Lipinski definition) is 3. The maximum Gasteiger partial charge on any atom is 0.243 e. The molecular weight excluding hydrogens is 190 g/mol. The smallest absolute Gasteiger partial charge is 0.243 e. The molecule has 0 aromatic carbocycles. The molecule has 0 unspecified atom stereocenters. The van der Waals surface area contributed by atoms with E-state index < -0.39 is 0 Å². The van der Waals surface area contributed by atoms with Crippen molar-refractivity contribution in [2.75, 3.05) is 40.3 Å². The Balaban J connectivity index is 2.14. The van der Waals surface area contributed by atoms with Crippen molar-refractivity contribution < 1.29 is 4.79 Å². The number of nitrogens with zero attached hydrogens (tertiary/aromatic N) is 2. The summed E-state index contributed by atoms with van der Waals surface area (Å²) in [7, 11) is 4.24. The van der Waals surface area contributed by atoms with Gasteiger partial charge in [-0.25, -0.2) is 0 Å². The summed E-state index contributed by atoms with van der Waals surface area (Å²) in [5.41, 5.74) is 0. The van der Waals surface area contributed by atoms with Crippen LogP contribution in [0.3, 0.4) is 0 Å². The normalized spacial score (nSPS) is 21.9. The molecule has 1 aliphatic rings. The van der Waals surface area contributed by atoms with Crippen molar-refractivity contribution in [1.82, 2.24) is 15.1 Å². The summed E-state index contributed by atoms with van der Waals surface area (Å²) in [6.07, 6.45) is 2.54. The molecule has 1 atom stereocenters. The number of likely N-dealkylation sites (N-methyl/N-ethyl adjacent to an activating group) is 1. The molecule has 86 valence electrons. The van der Waals surface area contributed by atoms with Gasteiger partial charge in [0.2, 0.25) is 5.91 Å². The molecule has 1 aliphatic heterocycles. The number of carbonyl (C=O) groups is 1. The van der Waals surface area contributed by atoms with Crippen molar-refractivity contribution in [2.24, 2.45) is 0 Å². The summed E-state index contributed by atoms with van der Waals surface area (Å²) < 4.78 is 0. The van der Waals surface area contributed by atoms with Crippen molar-refractivity contribution >= 4 is 5.91 Å². The molecule has 0 aromatic rings. The van der Waals surface area contributed by atoms with Crippen molar-refractivity contribution in [1.29, 1.82) is 0 Å². The van der Waals surface area contributed by atoms with E-state index in [2.05, 4.69) is 35.8 Å². The number of hydrogen-bond donors (Lipinski definition) is 1. The van der Waals surface area contributed by atoms with Crippen LogP contribution in [0, 0.1) is 0 Å². The molecule has 0 radical (unpaired) electrons. The Labute approximate surface area is 91.9 Å². The summed E-state index contributed by atoms with van der Waals surface area (Å²) in [5, 5.41) is 2.79. The monoisotopic (exact) mass is 211 g/mol. The summed E-state index contributed by atoms with van der Waals surface area (Å²) in [6.45, 7) is 7.30. The first-order chi connectivity index (χ1) is 7.13. The highest BCUT2D eigenvalue weighted by molar-refractivity contribution is 5.86. The maximum absolute atomic E-state index is 10.9. The number of nitrogens with one attached hydrogen (secondary N) is 1. The van der Waals surface area contributed by atoms with Gasteiger partial charge in [0.05, 0.1) is 0 Å². The van der Waals surface area contributed by atoms with E-state index in [4.69, 9.17) is 0 Å². The predicted octanol–water partition coefficient (Wildman–Crippen LogP) is -0.0755. The van der Waals surface area contributed by atoms with E-state index in [1.807, 2.05) is 0 Å². The Bertz CT molecular complexity index is 228. The van der Waals surface area contributed by atoms with Crippen LogP contribution >= 0.6 is 0 Å². The zero-order valence-electron chi connectivity index (χ0n) is 9.70. The minimum absolute atomic E-state index is 0.0849. The first-order valence-corrected chi connectivity index (χ1v) is 5.42. The van der Waals surface area contributed by atoms with Gasteiger partial charge >= 0.3 is 0 Å². The van der Waals surface area contributed by atoms with Crippen LogP contribution < -0.4 is 5.32 Å². The van der Waals surface area contributed by atoms with Crippen LogP contribution in [0.25, 0.3) is 0 Å². The number of carbonyl (C=O) groups excluding carboxylic acids is 1. The lowest BCUT2D eigenvalue weighted by Gasteiger charge is -2.20. The van der Waals surface area contributed by atoms with Gasteiger partial charge in [0, 0.05) is 25.7 Å². The second kappa shape index (κ2) is 5.88. The molecule has 1 N–H and O–H groups in total. The highest BCUT2D eigenvalue weighted by Crippen LogP contribution is 2.11. The van der Waals surface area contributed by atoms with Gasteiger partial charge in [0.25, 0.3) is 0 Å². The fourth-order valence-corrected chi connectivity index (χ4v) is 1.85. The topological polar surface area (TPSA) is 35.6 Å². The maximum atomic E-state index is 10.9. The van der Waals surface area contributed by atoms with E-state index in [0.717, 1.165) is 19.6 Å². The zero-order valence-corrected chi connectivity index (χ0v) is 9.70. The minimum atomic E-state index is -0.0849. The molecule has 1 heterocycles. The summed E-state index contributed by atoms with van der Waals surface area (Å²) in [6, 6.07) is 0.667. The predicted molar refractivity (Wildman–Crippen MR) is 61.7 cm³/mol. The Morgan fingerprint density at radius 1 is 1.67 bits per heavy atom. The third kappa shape index (κ3) is 4.01. The second-order valence-electron chi connectivity index (χ2n) is 4.20. The molecule has 4 nitrogen and oxygen atoms in total. The van der Waals surface area contributed by atoms with Gasteiger partial charge in [-0.3, -0.25) is 9.69 Å².